The van der Waals surface area contributed by atoms with Gasteiger partial charge in [-0.1, -0.05) is 54.6 Å². The van der Waals surface area contributed by atoms with Crippen LogP contribution in [-0.2, 0) is 33.5 Å². The third-order valence-corrected chi connectivity index (χ3v) is 7.30. The second-order valence-corrected chi connectivity index (χ2v) is 9.36. The topological polar surface area (TPSA) is 57.7 Å². The lowest BCUT2D eigenvalue weighted by Crippen LogP contribution is -2.49. The van der Waals surface area contributed by atoms with Crippen LogP contribution in [0.25, 0.3) is 0 Å². The molecule has 2 aliphatic heterocycles. The first-order chi connectivity index (χ1) is 13.4. The van der Waals surface area contributed by atoms with Gasteiger partial charge in [-0.25, -0.2) is 12.8 Å². The van der Waals surface area contributed by atoms with E-state index in [1.807, 2.05) is 30.3 Å². The van der Waals surface area contributed by atoms with Crippen LogP contribution in [0, 0.1) is 0 Å². The molecular weight excluding hydrogens is 379 g/mol. The van der Waals surface area contributed by atoms with E-state index in [0.717, 1.165) is 16.3 Å². The van der Waals surface area contributed by atoms with Crippen LogP contribution in [0.3, 0.4) is 0 Å². The number of carbonyl (C=O) groups excluding carboxylic acids is 1. The second kappa shape index (κ2) is 7.64. The van der Waals surface area contributed by atoms with Gasteiger partial charge in [-0.2, -0.15) is 4.31 Å². The van der Waals surface area contributed by atoms with E-state index in [4.69, 9.17) is 0 Å². The minimum Gasteiger partial charge on any atom is -0.337 e. The minimum absolute atomic E-state index is 0.0784. The van der Waals surface area contributed by atoms with Gasteiger partial charge in [0.15, 0.2) is 0 Å². The third-order valence-electron chi connectivity index (χ3n) is 5.48. The van der Waals surface area contributed by atoms with Crippen LogP contribution < -0.4 is 0 Å². The van der Waals surface area contributed by atoms with Crippen LogP contribution in [0.5, 0.6) is 0 Å². The lowest BCUT2D eigenvalue weighted by molar-refractivity contribution is -0.135. The van der Waals surface area contributed by atoms with Crippen molar-refractivity contribution in [1.29, 1.82) is 0 Å². The quantitative estimate of drug-likeness (QED) is 0.790. The van der Waals surface area contributed by atoms with Gasteiger partial charge < -0.3 is 4.90 Å². The molecule has 0 radical (unpaired) electrons. The smallest absolute Gasteiger partial charge is 0.241 e. The largest absolute Gasteiger partial charge is 0.337 e. The number of rotatable bonds is 4. The average molecular weight is 402 g/mol. The lowest BCUT2D eigenvalue weighted by atomic mass is 9.99. The summed E-state index contributed by atoms with van der Waals surface area (Å²) < 4.78 is 41.1. The maximum atomic E-state index is 14.2. The number of halogens is 1. The average Bonchev–Trinajstić information content (AvgIpc) is 3.10. The predicted molar refractivity (Wildman–Crippen MR) is 105 cm³/mol. The zero-order valence-electron chi connectivity index (χ0n) is 15.5. The summed E-state index contributed by atoms with van der Waals surface area (Å²) in [6.07, 6.45) is -0.674. The van der Waals surface area contributed by atoms with Crippen molar-refractivity contribution in [2.24, 2.45) is 0 Å². The van der Waals surface area contributed by atoms with Crippen molar-refractivity contribution in [2.45, 2.75) is 37.4 Å². The first-order valence-corrected chi connectivity index (χ1v) is 11.1. The van der Waals surface area contributed by atoms with Crippen molar-refractivity contribution >= 4 is 15.9 Å². The number of benzene rings is 2. The van der Waals surface area contributed by atoms with Crippen molar-refractivity contribution in [3.63, 3.8) is 0 Å². The highest BCUT2D eigenvalue weighted by Gasteiger charge is 2.45. The van der Waals surface area contributed by atoms with Crippen molar-refractivity contribution < 1.29 is 17.6 Å². The monoisotopic (exact) mass is 402 g/mol. The van der Waals surface area contributed by atoms with Crippen molar-refractivity contribution in [2.75, 3.05) is 13.1 Å². The Morgan fingerprint density at radius 2 is 1.71 bits per heavy atom. The molecule has 0 unspecified atom stereocenters. The number of sulfonamides is 1. The molecule has 148 valence electrons. The zero-order chi connectivity index (χ0) is 19.7. The van der Waals surface area contributed by atoms with Gasteiger partial charge in [-0.15, -0.1) is 0 Å². The fraction of sp³-hybridized carbons (Fsp3) is 0.381. The number of fused-ring (bicyclic) bond motifs is 1. The fourth-order valence-corrected chi connectivity index (χ4v) is 5.78. The first-order valence-electron chi connectivity index (χ1n) is 9.47. The molecule has 7 heteroatoms. The molecule has 0 aliphatic carbocycles. The summed E-state index contributed by atoms with van der Waals surface area (Å²) in [5.74, 6) is -0.529. The molecule has 2 aromatic rings. The van der Waals surface area contributed by atoms with E-state index < -0.39 is 22.2 Å². The molecule has 2 heterocycles. The molecule has 2 aliphatic rings. The number of carbonyl (C=O) groups is 1. The Labute approximate surface area is 164 Å². The molecule has 1 fully saturated rings. The molecule has 2 atom stereocenters. The maximum Gasteiger partial charge on any atom is 0.241 e. The van der Waals surface area contributed by atoms with Crippen LogP contribution in [0.15, 0.2) is 54.6 Å². The van der Waals surface area contributed by atoms with Crippen molar-refractivity contribution in [3.05, 3.63) is 71.3 Å². The molecule has 1 amide bonds. The Balaban J connectivity index is 1.53. The molecule has 0 saturated carbocycles. The van der Waals surface area contributed by atoms with Gasteiger partial charge >= 0.3 is 0 Å². The molecule has 0 N–H and O–H groups in total. The van der Waals surface area contributed by atoms with E-state index in [1.54, 1.807) is 29.2 Å². The Kier molecular flexibility index (Phi) is 5.21. The Morgan fingerprint density at radius 3 is 2.46 bits per heavy atom. The van der Waals surface area contributed by atoms with Crippen LogP contribution in [0.2, 0.25) is 0 Å². The highest BCUT2D eigenvalue weighted by Crippen LogP contribution is 2.29. The zero-order valence-corrected chi connectivity index (χ0v) is 16.3. The predicted octanol–water partition coefficient (Wildman–Crippen LogP) is 2.51. The summed E-state index contributed by atoms with van der Waals surface area (Å²) in [7, 11) is -3.79. The number of hydrogen-bond donors (Lipinski definition) is 0. The van der Waals surface area contributed by atoms with Gasteiger partial charge in [0, 0.05) is 26.1 Å². The Bertz CT molecular complexity index is 965. The van der Waals surface area contributed by atoms with E-state index in [2.05, 4.69) is 0 Å². The Hall–Kier alpha value is -2.25. The van der Waals surface area contributed by atoms with Crippen LogP contribution in [0.1, 0.15) is 23.1 Å². The summed E-state index contributed by atoms with van der Waals surface area (Å²) in [5.41, 5.74) is 2.90. The number of hydrogen-bond acceptors (Lipinski definition) is 3. The van der Waals surface area contributed by atoms with Crippen molar-refractivity contribution in [1.82, 2.24) is 9.21 Å². The van der Waals surface area contributed by atoms with E-state index in [1.165, 1.54) is 5.56 Å². The second-order valence-electron chi connectivity index (χ2n) is 7.44. The molecule has 0 spiro atoms. The first kappa shape index (κ1) is 19.1. The van der Waals surface area contributed by atoms with E-state index >= 15 is 0 Å². The molecule has 0 aromatic heterocycles. The van der Waals surface area contributed by atoms with Gasteiger partial charge in [-0.3, -0.25) is 4.79 Å². The SMILES string of the molecule is O=C([C@@H]1C[C@H](F)CN1S(=O)(=O)Cc1ccccc1)N1CCc2ccccc2C1. The fourth-order valence-electron chi connectivity index (χ4n) is 4.05. The molecular formula is C21H23FN2O3S. The van der Waals surface area contributed by atoms with Gasteiger partial charge in [0.2, 0.25) is 15.9 Å². The summed E-state index contributed by atoms with van der Waals surface area (Å²) in [4.78, 5) is 14.8. The molecule has 1 saturated heterocycles. The van der Waals surface area contributed by atoms with Gasteiger partial charge in [-0.05, 0) is 23.1 Å². The number of alkyl halides is 1. The third kappa shape index (κ3) is 3.82. The van der Waals surface area contributed by atoms with E-state index in [9.17, 15) is 17.6 Å². The lowest BCUT2D eigenvalue weighted by Gasteiger charge is -2.33. The molecule has 5 nitrogen and oxygen atoms in total. The summed E-state index contributed by atoms with van der Waals surface area (Å²) in [5, 5.41) is 0. The highest BCUT2D eigenvalue weighted by molar-refractivity contribution is 7.88. The summed E-state index contributed by atoms with van der Waals surface area (Å²) in [6.45, 7) is 0.709. The Morgan fingerprint density at radius 1 is 1.04 bits per heavy atom. The highest BCUT2D eigenvalue weighted by atomic mass is 32.2. The van der Waals surface area contributed by atoms with Gasteiger partial charge in [0.1, 0.15) is 12.2 Å². The normalized spacial score (nSPS) is 22.8. The summed E-state index contributed by atoms with van der Waals surface area (Å²) >= 11 is 0. The minimum atomic E-state index is -3.79. The van der Waals surface area contributed by atoms with E-state index in [0.29, 0.717) is 18.7 Å². The van der Waals surface area contributed by atoms with Crippen LogP contribution in [-0.4, -0.2) is 48.8 Å². The van der Waals surface area contributed by atoms with Crippen LogP contribution in [0.4, 0.5) is 4.39 Å². The number of amides is 1. The summed E-state index contributed by atoms with van der Waals surface area (Å²) in [6, 6.07) is 15.7. The standard InChI is InChI=1S/C21H23FN2O3S/c22-19-12-20(21(25)23-11-10-17-8-4-5-9-18(17)13-23)24(14-19)28(26,27)15-16-6-2-1-3-7-16/h1-9,19-20H,10-15H2/t19-,20-/m0/s1. The van der Waals surface area contributed by atoms with Gasteiger partial charge in [0.25, 0.3) is 0 Å². The maximum absolute atomic E-state index is 14.2. The van der Waals surface area contributed by atoms with Crippen molar-refractivity contribution in [3.8, 4) is 0 Å². The van der Waals surface area contributed by atoms with E-state index in [-0.39, 0.29) is 24.6 Å². The van der Waals surface area contributed by atoms with Crippen LogP contribution >= 0.6 is 0 Å². The molecule has 2 aromatic carbocycles. The molecule has 28 heavy (non-hydrogen) atoms. The molecule has 4 rings (SSSR count). The van der Waals surface area contributed by atoms with Gasteiger partial charge in [0.05, 0.1) is 5.75 Å². The number of nitrogens with zero attached hydrogens (tertiary/aromatic N) is 2. The molecule has 0 bridgehead atoms.